The quantitative estimate of drug-likeness (QED) is 0.444. The van der Waals surface area contributed by atoms with Gasteiger partial charge in [0.05, 0.1) is 17.4 Å². The zero-order valence-electron chi connectivity index (χ0n) is 18.7. The zero-order valence-corrected chi connectivity index (χ0v) is 18.7. The van der Waals surface area contributed by atoms with E-state index in [4.69, 9.17) is 0 Å². The van der Waals surface area contributed by atoms with Crippen molar-refractivity contribution in [2.45, 2.75) is 32.2 Å². The lowest BCUT2D eigenvalue weighted by Crippen LogP contribution is -2.38. The largest absolute Gasteiger partial charge is 0.319 e. The highest BCUT2D eigenvalue weighted by Crippen LogP contribution is 2.29. The van der Waals surface area contributed by atoms with Crippen molar-refractivity contribution in [1.29, 1.82) is 0 Å². The minimum absolute atomic E-state index is 0.110. The first kappa shape index (κ1) is 22.1. The first-order valence-corrected chi connectivity index (χ1v) is 11.1. The maximum atomic E-state index is 13.5. The number of aryl methyl sites for hydroxylation is 1. The molecule has 3 aromatic heterocycles. The van der Waals surface area contributed by atoms with Gasteiger partial charge < -0.3 is 5.32 Å². The fourth-order valence-electron chi connectivity index (χ4n) is 4.13. The van der Waals surface area contributed by atoms with E-state index >= 15 is 0 Å². The lowest BCUT2D eigenvalue weighted by molar-refractivity contribution is -0.0566. The second-order valence-electron chi connectivity index (χ2n) is 8.69. The molecule has 0 radical (unpaired) electrons. The van der Waals surface area contributed by atoms with Crippen LogP contribution in [0, 0.1) is 6.92 Å². The molecule has 0 saturated carbocycles. The number of fused-ring (bicyclic) bond motifs is 1. The lowest BCUT2D eigenvalue weighted by atomic mass is 10.0. The summed E-state index contributed by atoms with van der Waals surface area (Å²) in [6, 6.07) is 11.4. The van der Waals surface area contributed by atoms with Gasteiger partial charge in [0, 0.05) is 61.5 Å². The van der Waals surface area contributed by atoms with Gasteiger partial charge >= 0.3 is 0 Å². The van der Waals surface area contributed by atoms with Crippen LogP contribution in [0.4, 0.5) is 14.5 Å². The number of aromatic amines is 1. The number of carbonyl (C=O) groups is 1. The number of halogens is 2. The molecule has 4 heterocycles. The Morgan fingerprint density at radius 1 is 1.09 bits per heavy atom. The number of piperidine rings is 1. The predicted molar refractivity (Wildman–Crippen MR) is 126 cm³/mol. The van der Waals surface area contributed by atoms with Gasteiger partial charge in [0.1, 0.15) is 0 Å². The molecule has 0 aliphatic carbocycles. The molecular formula is C25H24F2N6O. The Kier molecular flexibility index (Phi) is 5.79. The predicted octanol–water partition coefficient (Wildman–Crippen LogP) is 4.81. The summed E-state index contributed by atoms with van der Waals surface area (Å²) in [6.07, 6.45) is 4.91. The summed E-state index contributed by atoms with van der Waals surface area (Å²) in [7, 11) is 0. The number of anilines is 1. The molecular weight excluding hydrogens is 438 g/mol. The summed E-state index contributed by atoms with van der Waals surface area (Å²) in [5.74, 6) is -2.89. The van der Waals surface area contributed by atoms with E-state index in [2.05, 4.69) is 25.5 Å². The van der Waals surface area contributed by atoms with Gasteiger partial charge in [-0.1, -0.05) is 6.07 Å². The number of benzene rings is 1. The molecule has 1 aliphatic rings. The fourth-order valence-corrected chi connectivity index (χ4v) is 4.13. The molecule has 0 spiro atoms. The Labute approximate surface area is 195 Å². The van der Waals surface area contributed by atoms with Crippen LogP contribution >= 0.6 is 0 Å². The molecule has 0 bridgehead atoms. The smallest absolute Gasteiger partial charge is 0.276 e. The number of H-pyrrole nitrogens is 1. The van der Waals surface area contributed by atoms with Crippen LogP contribution in [0.3, 0.4) is 0 Å². The molecule has 0 atom stereocenters. The molecule has 34 heavy (non-hydrogen) atoms. The highest BCUT2D eigenvalue weighted by Gasteiger charge is 2.33. The first-order valence-electron chi connectivity index (χ1n) is 11.1. The highest BCUT2D eigenvalue weighted by molar-refractivity contribution is 6.11. The number of hydrogen-bond donors (Lipinski definition) is 2. The molecule has 2 N–H and O–H groups in total. The zero-order chi connectivity index (χ0) is 23.7. The van der Waals surface area contributed by atoms with E-state index in [1.165, 1.54) is 0 Å². The Hall–Kier alpha value is -3.72. The maximum Gasteiger partial charge on any atom is 0.276 e. The average molecular weight is 463 g/mol. The maximum absolute atomic E-state index is 13.5. The van der Waals surface area contributed by atoms with Gasteiger partial charge in [-0.25, -0.2) is 8.78 Å². The number of nitrogens with one attached hydrogen (secondary N) is 2. The molecule has 7 nitrogen and oxygen atoms in total. The highest BCUT2D eigenvalue weighted by atomic mass is 19.3. The van der Waals surface area contributed by atoms with Gasteiger partial charge in [0.25, 0.3) is 11.8 Å². The van der Waals surface area contributed by atoms with Crippen molar-refractivity contribution in [1.82, 2.24) is 25.1 Å². The number of hydrogen-bond acceptors (Lipinski definition) is 5. The van der Waals surface area contributed by atoms with Crippen LogP contribution in [0.5, 0.6) is 0 Å². The third-order valence-electron chi connectivity index (χ3n) is 6.07. The average Bonchev–Trinajstić information content (AvgIpc) is 3.26. The van der Waals surface area contributed by atoms with Crippen LogP contribution < -0.4 is 5.32 Å². The third-order valence-corrected chi connectivity index (χ3v) is 6.07. The van der Waals surface area contributed by atoms with Gasteiger partial charge in [-0.05, 0) is 48.4 Å². The molecule has 5 rings (SSSR count). The molecule has 1 aromatic carbocycles. The van der Waals surface area contributed by atoms with Gasteiger partial charge in [-0.2, -0.15) is 5.10 Å². The molecule has 9 heteroatoms. The number of pyridine rings is 2. The van der Waals surface area contributed by atoms with E-state index in [1.807, 2.05) is 42.2 Å². The first-order chi connectivity index (χ1) is 16.4. The Bertz CT molecular complexity index is 1330. The number of nitrogens with zero attached hydrogens (tertiary/aromatic N) is 4. The minimum Gasteiger partial charge on any atom is -0.319 e. The molecule has 174 valence electrons. The molecule has 0 unspecified atom stereocenters. The summed E-state index contributed by atoms with van der Waals surface area (Å²) in [6.45, 7) is 3.19. The van der Waals surface area contributed by atoms with E-state index in [0.717, 1.165) is 27.9 Å². The van der Waals surface area contributed by atoms with Crippen molar-refractivity contribution in [2.24, 2.45) is 0 Å². The SMILES string of the molecule is Cc1ccc(NC(=O)c2n[nH]c3ccc(-c4cncc(CN5CCC(F)(F)CC5)c4)cc23)cn1. The fraction of sp³-hybridized carbons (Fsp3) is 0.280. The van der Waals surface area contributed by atoms with E-state index in [1.54, 1.807) is 24.7 Å². The third kappa shape index (κ3) is 4.79. The van der Waals surface area contributed by atoms with Crippen LogP contribution in [0.15, 0.2) is 55.0 Å². The van der Waals surface area contributed by atoms with Crippen molar-refractivity contribution in [3.63, 3.8) is 0 Å². The molecule has 4 aromatic rings. The summed E-state index contributed by atoms with van der Waals surface area (Å²) in [4.78, 5) is 23.4. The topological polar surface area (TPSA) is 86.8 Å². The van der Waals surface area contributed by atoms with E-state index < -0.39 is 5.92 Å². The normalized spacial score (nSPS) is 16.0. The number of likely N-dealkylation sites (tertiary alicyclic amines) is 1. The van der Waals surface area contributed by atoms with Gasteiger partial charge in [-0.15, -0.1) is 0 Å². The van der Waals surface area contributed by atoms with Crippen LogP contribution in [0.1, 0.15) is 34.6 Å². The second-order valence-corrected chi connectivity index (χ2v) is 8.69. The Morgan fingerprint density at radius 3 is 2.68 bits per heavy atom. The van der Waals surface area contributed by atoms with Crippen molar-refractivity contribution < 1.29 is 13.6 Å². The van der Waals surface area contributed by atoms with Gasteiger partial charge in [0.15, 0.2) is 5.69 Å². The number of amides is 1. The van der Waals surface area contributed by atoms with Crippen molar-refractivity contribution in [3.05, 3.63) is 71.9 Å². The summed E-state index contributed by atoms with van der Waals surface area (Å²) in [5.41, 5.74) is 5.22. The molecule has 1 saturated heterocycles. The number of aromatic nitrogens is 4. The monoisotopic (exact) mass is 462 g/mol. The summed E-state index contributed by atoms with van der Waals surface area (Å²) in [5, 5.41) is 10.6. The number of rotatable bonds is 5. The number of carbonyl (C=O) groups excluding carboxylic acids is 1. The standard InChI is InChI=1S/C25H24F2N6O/c1-16-2-4-20(14-29-16)30-24(34)23-21-11-18(3-5-22(21)31-32-23)19-10-17(12-28-13-19)15-33-8-6-25(26,27)7-9-33/h2-5,10-14H,6-9,15H2,1H3,(H,30,34)(H,31,32). The van der Waals surface area contributed by atoms with Gasteiger partial charge in [0.2, 0.25) is 0 Å². The van der Waals surface area contributed by atoms with E-state index in [-0.39, 0.29) is 24.4 Å². The molecule has 1 fully saturated rings. The summed E-state index contributed by atoms with van der Waals surface area (Å²) >= 11 is 0. The number of alkyl halides is 2. The van der Waals surface area contributed by atoms with Crippen LogP contribution in [-0.4, -0.2) is 50.0 Å². The second kappa shape index (κ2) is 8.90. The van der Waals surface area contributed by atoms with Gasteiger partial charge in [-0.3, -0.25) is 24.8 Å². The van der Waals surface area contributed by atoms with Crippen molar-refractivity contribution >= 4 is 22.5 Å². The molecule has 1 aliphatic heterocycles. The Morgan fingerprint density at radius 2 is 1.91 bits per heavy atom. The van der Waals surface area contributed by atoms with E-state index in [0.29, 0.717) is 30.7 Å². The van der Waals surface area contributed by atoms with Crippen molar-refractivity contribution in [2.75, 3.05) is 18.4 Å². The van der Waals surface area contributed by atoms with Crippen LogP contribution in [0.25, 0.3) is 22.0 Å². The summed E-state index contributed by atoms with van der Waals surface area (Å²) < 4.78 is 26.9. The van der Waals surface area contributed by atoms with Crippen molar-refractivity contribution in [3.8, 4) is 11.1 Å². The Balaban J connectivity index is 1.36. The van der Waals surface area contributed by atoms with Crippen LogP contribution in [-0.2, 0) is 6.54 Å². The van der Waals surface area contributed by atoms with Crippen LogP contribution in [0.2, 0.25) is 0 Å². The molecule has 1 amide bonds. The van der Waals surface area contributed by atoms with E-state index in [9.17, 15) is 13.6 Å². The lowest BCUT2D eigenvalue weighted by Gasteiger charge is -2.31. The minimum atomic E-state index is -2.56.